The van der Waals surface area contributed by atoms with Crippen molar-refractivity contribution >= 4 is 29.9 Å². The predicted octanol–water partition coefficient (Wildman–Crippen LogP) is 4.94. The lowest BCUT2D eigenvalue weighted by molar-refractivity contribution is 0.319. The fourth-order valence-electron chi connectivity index (χ4n) is 2.88. The van der Waals surface area contributed by atoms with E-state index < -0.39 is 0 Å². The molecule has 0 fully saturated rings. The van der Waals surface area contributed by atoms with Crippen molar-refractivity contribution < 1.29 is 13.9 Å². The van der Waals surface area contributed by atoms with E-state index in [1.165, 1.54) is 12.1 Å². The van der Waals surface area contributed by atoms with Crippen LogP contribution in [0.5, 0.6) is 17.4 Å². The molecule has 0 radical (unpaired) electrons. The minimum absolute atomic E-state index is 0. The highest BCUT2D eigenvalue weighted by atomic mass is 127. The Hall–Kier alpha value is -2.88. The summed E-state index contributed by atoms with van der Waals surface area (Å²) in [5.74, 6) is 2.28. The number of benzene rings is 2. The molecule has 3 aromatic rings. The highest BCUT2D eigenvalue weighted by Gasteiger charge is 2.06. The maximum atomic E-state index is 13.0. The van der Waals surface area contributed by atoms with Crippen LogP contribution < -0.4 is 20.1 Å². The highest BCUT2D eigenvalue weighted by molar-refractivity contribution is 14.0. The number of hydrogen-bond donors (Lipinski definition) is 2. The van der Waals surface area contributed by atoms with Crippen molar-refractivity contribution in [2.75, 3.05) is 20.2 Å². The van der Waals surface area contributed by atoms with Gasteiger partial charge in [0.05, 0.1) is 6.61 Å². The van der Waals surface area contributed by atoms with E-state index in [9.17, 15) is 4.39 Å². The average molecular weight is 550 g/mol. The van der Waals surface area contributed by atoms with Crippen LogP contribution in [0.3, 0.4) is 0 Å². The number of para-hydroxylation sites is 2. The summed E-state index contributed by atoms with van der Waals surface area (Å²) in [5.41, 5.74) is 2.06. The lowest BCUT2D eigenvalue weighted by Gasteiger charge is -2.13. The van der Waals surface area contributed by atoms with Gasteiger partial charge in [0.1, 0.15) is 5.82 Å². The average Bonchev–Trinajstić information content (AvgIpc) is 2.80. The van der Waals surface area contributed by atoms with Gasteiger partial charge in [0.2, 0.25) is 5.88 Å². The van der Waals surface area contributed by atoms with Crippen molar-refractivity contribution in [2.24, 2.45) is 4.99 Å². The molecule has 1 heterocycles. The van der Waals surface area contributed by atoms with E-state index in [0.717, 1.165) is 17.5 Å². The monoisotopic (exact) mass is 550 g/mol. The van der Waals surface area contributed by atoms with Crippen molar-refractivity contribution in [1.29, 1.82) is 0 Å². The van der Waals surface area contributed by atoms with E-state index in [-0.39, 0.29) is 29.8 Å². The second kappa shape index (κ2) is 13.5. The molecule has 0 amide bonds. The Morgan fingerprint density at radius 2 is 1.69 bits per heavy atom. The summed E-state index contributed by atoms with van der Waals surface area (Å²) in [4.78, 5) is 8.60. The standard InChI is InChI=1S/C24H27FN4O2.HI/c1-3-30-21-6-4-5-7-22(21)31-23-13-10-19(16-28-23)17-29-24(26-2)27-15-14-18-8-11-20(25)12-9-18;/h4-13,16H,3,14-15,17H2,1-2H3,(H2,26,27,29);1H. The third kappa shape index (κ3) is 7.99. The van der Waals surface area contributed by atoms with Gasteiger partial charge in [0, 0.05) is 32.4 Å². The molecule has 0 atom stereocenters. The summed E-state index contributed by atoms with van der Waals surface area (Å²) in [5, 5.41) is 6.51. The number of nitrogens with zero attached hydrogens (tertiary/aromatic N) is 2. The maximum Gasteiger partial charge on any atom is 0.219 e. The number of guanidine groups is 1. The number of aliphatic imine (C=N–C) groups is 1. The normalized spacial score (nSPS) is 10.8. The summed E-state index contributed by atoms with van der Waals surface area (Å²) < 4.78 is 24.4. The van der Waals surface area contributed by atoms with E-state index in [1.807, 2.05) is 43.3 Å². The highest BCUT2D eigenvalue weighted by Crippen LogP contribution is 2.30. The molecule has 1 aromatic heterocycles. The first-order chi connectivity index (χ1) is 15.2. The largest absolute Gasteiger partial charge is 0.490 e. The smallest absolute Gasteiger partial charge is 0.219 e. The minimum Gasteiger partial charge on any atom is -0.490 e. The van der Waals surface area contributed by atoms with E-state index in [2.05, 4.69) is 20.6 Å². The van der Waals surface area contributed by atoms with Crippen LogP contribution in [0.25, 0.3) is 0 Å². The molecule has 0 saturated carbocycles. The molecule has 0 bridgehead atoms. The molecule has 8 heteroatoms. The van der Waals surface area contributed by atoms with E-state index in [4.69, 9.17) is 9.47 Å². The zero-order valence-electron chi connectivity index (χ0n) is 18.2. The van der Waals surface area contributed by atoms with Crippen LogP contribution in [0.2, 0.25) is 0 Å². The maximum absolute atomic E-state index is 13.0. The lowest BCUT2D eigenvalue weighted by Crippen LogP contribution is -2.37. The molecule has 0 spiro atoms. The number of pyridine rings is 1. The first kappa shape index (κ1) is 25.4. The Kier molecular flexibility index (Phi) is 10.7. The van der Waals surface area contributed by atoms with Crippen LogP contribution in [0.4, 0.5) is 4.39 Å². The van der Waals surface area contributed by atoms with Gasteiger partial charge >= 0.3 is 0 Å². The SMILES string of the molecule is CCOc1ccccc1Oc1ccc(CNC(=NC)NCCc2ccc(F)cc2)cn1.I. The summed E-state index contributed by atoms with van der Waals surface area (Å²) in [6.45, 7) is 3.76. The predicted molar refractivity (Wildman–Crippen MR) is 136 cm³/mol. The van der Waals surface area contributed by atoms with Gasteiger partial charge in [-0.2, -0.15) is 0 Å². The van der Waals surface area contributed by atoms with Crippen LogP contribution in [-0.2, 0) is 13.0 Å². The van der Waals surface area contributed by atoms with Crippen LogP contribution in [-0.4, -0.2) is 31.1 Å². The molecule has 0 unspecified atom stereocenters. The molecule has 0 aliphatic rings. The Morgan fingerprint density at radius 3 is 2.34 bits per heavy atom. The van der Waals surface area contributed by atoms with Crippen LogP contribution in [0, 0.1) is 5.82 Å². The number of rotatable bonds is 9. The summed E-state index contributed by atoms with van der Waals surface area (Å²) in [6.07, 6.45) is 2.54. The zero-order chi connectivity index (χ0) is 21.9. The van der Waals surface area contributed by atoms with Crippen LogP contribution >= 0.6 is 24.0 Å². The molecule has 2 N–H and O–H groups in total. The van der Waals surface area contributed by atoms with Gasteiger partial charge in [-0.25, -0.2) is 9.37 Å². The molecule has 0 saturated heterocycles. The van der Waals surface area contributed by atoms with Crippen LogP contribution in [0.15, 0.2) is 71.9 Å². The third-order valence-corrected chi connectivity index (χ3v) is 4.46. The van der Waals surface area contributed by atoms with Crippen molar-refractivity contribution in [3.05, 3.63) is 83.8 Å². The minimum atomic E-state index is -0.224. The Balaban J connectivity index is 0.00000363. The molecule has 2 aromatic carbocycles. The second-order valence-corrected chi connectivity index (χ2v) is 6.72. The fraction of sp³-hybridized carbons (Fsp3) is 0.250. The molecular weight excluding hydrogens is 522 g/mol. The van der Waals surface area contributed by atoms with E-state index in [1.54, 1.807) is 25.4 Å². The summed E-state index contributed by atoms with van der Waals surface area (Å²) in [7, 11) is 1.72. The third-order valence-electron chi connectivity index (χ3n) is 4.46. The Bertz CT molecular complexity index is 982. The van der Waals surface area contributed by atoms with Gasteiger partial charge in [-0.3, -0.25) is 4.99 Å². The van der Waals surface area contributed by atoms with Crippen LogP contribution in [0.1, 0.15) is 18.1 Å². The fourth-order valence-corrected chi connectivity index (χ4v) is 2.88. The molecule has 32 heavy (non-hydrogen) atoms. The molecular formula is C24H28FIN4O2. The summed E-state index contributed by atoms with van der Waals surface area (Å²) >= 11 is 0. The van der Waals surface area contributed by atoms with Crippen molar-refractivity contribution in [3.63, 3.8) is 0 Å². The number of ether oxygens (including phenoxy) is 2. The van der Waals surface area contributed by atoms with Gasteiger partial charge in [-0.15, -0.1) is 24.0 Å². The molecule has 0 aliphatic carbocycles. The molecule has 3 rings (SSSR count). The Morgan fingerprint density at radius 1 is 0.969 bits per heavy atom. The zero-order valence-corrected chi connectivity index (χ0v) is 20.5. The molecule has 6 nitrogen and oxygen atoms in total. The van der Waals surface area contributed by atoms with E-state index in [0.29, 0.717) is 43.0 Å². The van der Waals surface area contributed by atoms with Gasteiger partial charge in [-0.05, 0) is 48.7 Å². The first-order valence-corrected chi connectivity index (χ1v) is 10.2. The Labute approximate surface area is 205 Å². The number of aromatic nitrogens is 1. The summed E-state index contributed by atoms with van der Waals surface area (Å²) in [6, 6.07) is 17.8. The van der Waals surface area contributed by atoms with Crippen molar-refractivity contribution in [2.45, 2.75) is 19.9 Å². The first-order valence-electron chi connectivity index (χ1n) is 10.2. The lowest BCUT2D eigenvalue weighted by atomic mass is 10.1. The number of nitrogens with one attached hydrogen (secondary N) is 2. The quantitative estimate of drug-likeness (QED) is 0.225. The van der Waals surface area contributed by atoms with Crippen molar-refractivity contribution in [3.8, 4) is 17.4 Å². The van der Waals surface area contributed by atoms with Crippen molar-refractivity contribution in [1.82, 2.24) is 15.6 Å². The van der Waals surface area contributed by atoms with Gasteiger partial charge in [0.25, 0.3) is 0 Å². The topological polar surface area (TPSA) is 67.8 Å². The number of halogens is 2. The van der Waals surface area contributed by atoms with Gasteiger partial charge in [-0.1, -0.05) is 30.3 Å². The van der Waals surface area contributed by atoms with E-state index >= 15 is 0 Å². The van der Waals surface area contributed by atoms with Gasteiger partial charge in [0.15, 0.2) is 17.5 Å². The van der Waals surface area contributed by atoms with Gasteiger partial charge < -0.3 is 20.1 Å². The number of hydrogen-bond acceptors (Lipinski definition) is 4. The second-order valence-electron chi connectivity index (χ2n) is 6.72. The molecule has 0 aliphatic heterocycles. The molecule has 170 valence electrons.